The van der Waals surface area contributed by atoms with Gasteiger partial charge in [-0.15, -0.1) is 0 Å². The second-order valence-electron chi connectivity index (χ2n) is 6.40. The van der Waals surface area contributed by atoms with Crippen LogP contribution in [0.1, 0.15) is 38.2 Å². The lowest BCUT2D eigenvalue weighted by Gasteiger charge is -2.15. The Hall–Kier alpha value is -0.380. The number of hydrogen-bond donors (Lipinski definition) is 2. The minimum atomic E-state index is 0.0189. The fourth-order valence-corrected chi connectivity index (χ4v) is 5.66. The molecule has 0 radical (unpaired) electrons. The predicted octanol–water partition coefficient (Wildman–Crippen LogP) is 3.88. The number of fused-ring (bicyclic) bond motifs is 1. The van der Waals surface area contributed by atoms with Gasteiger partial charge >= 0.3 is 0 Å². The maximum atomic E-state index is 12.3. The van der Waals surface area contributed by atoms with Gasteiger partial charge in [-0.2, -0.15) is 5.10 Å². The van der Waals surface area contributed by atoms with E-state index in [1.165, 1.54) is 19.1 Å². The van der Waals surface area contributed by atoms with Gasteiger partial charge in [-0.3, -0.25) is 4.79 Å². The zero-order chi connectivity index (χ0) is 15.9. The van der Waals surface area contributed by atoms with Gasteiger partial charge in [0.2, 0.25) is 5.91 Å². The lowest BCUT2D eigenvalue weighted by Crippen LogP contribution is -2.22. The summed E-state index contributed by atoms with van der Waals surface area (Å²) in [7, 11) is 0. The number of carbonyl (C=O) groups excluding carboxylic acids is 1. The Morgan fingerprint density at radius 2 is 2.23 bits per heavy atom. The van der Waals surface area contributed by atoms with Gasteiger partial charge in [-0.1, -0.05) is 19.8 Å². The van der Waals surface area contributed by atoms with Gasteiger partial charge in [0.25, 0.3) is 0 Å². The quantitative estimate of drug-likeness (QED) is 0.359. The highest BCUT2D eigenvalue weighted by atomic mass is 127. The molecule has 22 heavy (non-hydrogen) atoms. The van der Waals surface area contributed by atoms with Crippen LogP contribution in [0.2, 0.25) is 0 Å². The second-order valence-corrected chi connectivity index (χ2v) is 8.80. The molecule has 2 aliphatic carbocycles. The smallest absolute Gasteiger partial charge is 0.244 e. The molecule has 3 atom stereocenters. The SMILES string of the molecule is C[C@]12CCCC[C@@H]1[C@@H]2C(=O)N/N=C\c1cc(I)cc(I)c1O. The zero-order valence-corrected chi connectivity index (χ0v) is 16.6. The largest absolute Gasteiger partial charge is 0.506 e. The summed E-state index contributed by atoms with van der Waals surface area (Å²) in [6.07, 6.45) is 6.30. The molecule has 0 heterocycles. The van der Waals surface area contributed by atoms with Gasteiger partial charge in [0, 0.05) is 15.1 Å². The van der Waals surface area contributed by atoms with Crippen LogP contribution in [-0.4, -0.2) is 17.2 Å². The summed E-state index contributed by atoms with van der Waals surface area (Å²) in [5.74, 6) is 0.858. The van der Waals surface area contributed by atoms with Crippen molar-refractivity contribution in [1.29, 1.82) is 0 Å². The molecule has 0 saturated heterocycles. The van der Waals surface area contributed by atoms with Gasteiger partial charge in [0.15, 0.2) is 0 Å². The van der Waals surface area contributed by atoms with E-state index >= 15 is 0 Å². The summed E-state index contributed by atoms with van der Waals surface area (Å²) in [6, 6.07) is 3.73. The summed E-state index contributed by atoms with van der Waals surface area (Å²) < 4.78 is 1.80. The Balaban J connectivity index is 1.65. The van der Waals surface area contributed by atoms with E-state index in [0.29, 0.717) is 11.5 Å². The normalized spacial score (nSPS) is 30.1. The molecule has 1 aromatic rings. The number of phenolic OH excluding ortho intramolecular Hbond substituents is 1. The maximum Gasteiger partial charge on any atom is 0.244 e. The van der Waals surface area contributed by atoms with Crippen LogP contribution in [0.25, 0.3) is 0 Å². The molecule has 2 fully saturated rings. The minimum Gasteiger partial charge on any atom is -0.506 e. The molecule has 0 aromatic heterocycles. The maximum absolute atomic E-state index is 12.3. The summed E-state index contributed by atoms with van der Waals surface area (Å²) >= 11 is 4.27. The van der Waals surface area contributed by atoms with E-state index in [-0.39, 0.29) is 23.0 Å². The average Bonchev–Trinajstić information content (AvgIpc) is 3.09. The highest BCUT2D eigenvalue weighted by Crippen LogP contribution is 2.66. The van der Waals surface area contributed by atoms with Crippen LogP contribution in [0, 0.1) is 24.4 Å². The summed E-state index contributed by atoms with van der Waals surface area (Å²) in [5.41, 5.74) is 3.47. The first-order chi connectivity index (χ1) is 10.4. The number of nitrogens with one attached hydrogen (secondary N) is 1. The number of nitrogens with zero attached hydrogens (tertiary/aromatic N) is 1. The lowest BCUT2D eigenvalue weighted by atomic mass is 9.90. The number of halogens is 2. The molecule has 0 unspecified atom stereocenters. The number of phenols is 1. The Kier molecular flexibility index (Phi) is 4.69. The third-order valence-electron chi connectivity index (χ3n) is 5.05. The fourth-order valence-electron chi connectivity index (χ4n) is 3.77. The molecule has 4 nitrogen and oxygen atoms in total. The van der Waals surface area contributed by atoms with Crippen LogP contribution < -0.4 is 5.43 Å². The third kappa shape index (κ3) is 3.00. The molecule has 0 bridgehead atoms. The molecule has 2 N–H and O–H groups in total. The number of rotatable bonds is 3. The Bertz CT molecular complexity index is 647. The van der Waals surface area contributed by atoms with E-state index in [1.54, 1.807) is 0 Å². The highest BCUT2D eigenvalue weighted by molar-refractivity contribution is 14.1. The van der Waals surface area contributed by atoms with Crippen molar-refractivity contribution in [3.05, 3.63) is 24.8 Å². The molecular formula is C16H18I2N2O2. The lowest BCUT2D eigenvalue weighted by molar-refractivity contribution is -0.123. The van der Waals surface area contributed by atoms with E-state index < -0.39 is 0 Å². The number of hydrogen-bond acceptors (Lipinski definition) is 3. The van der Waals surface area contributed by atoms with Crippen molar-refractivity contribution in [3.63, 3.8) is 0 Å². The average molecular weight is 524 g/mol. The second kappa shape index (κ2) is 6.26. The van der Waals surface area contributed by atoms with Crippen molar-refractivity contribution >= 4 is 57.3 Å². The summed E-state index contributed by atoms with van der Waals surface area (Å²) in [5, 5.41) is 14.0. The van der Waals surface area contributed by atoms with Crippen molar-refractivity contribution in [2.75, 3.05) is 0 Å². The van der Waals surface area contributed by atoms with E-state index in [4.69, 9.17) is 0 Å². The van der Waals surface area contributed by atoms with Crippen molar-refractivity contribution in [2.45, 2.75) is 32.6 Å². The van der Waals surface area contributed by atoms with Crippen molar-refractivity contribution < 1.29 is 9.90 Å². The molecule has 2 aliphatic rings. The zero-order valence-electron chi connectivity index (χ0n) is 12.3. The van der Waals surface area contributed by atoms with Crippen molar-refractivity contribution in [3.8, 4) is 5.75 Å². The molecular weight excluding hydrogens is 506 g/mol. The highest BCUT2D eigenvalue weighted by Gasteiger charge is 2.64. The molecule has 1 amide bonds. The van der Waals surface area contributed by atoms with E-state index in [2.05, 4.69) is 62.6 Å². The molecule has 0 aliphatic heterocycles. The third-order valence-corrected chi connectivity index (χ3v) is 6.49. The molecule has 1 aromatic carbocycles. The fraction of sp³-hybridized carbons (Fsp3) is 0.500. The number of benzene rings is 1. The number of aromatic hydroxyl groups is 1. The Labute approximate surface area is 157 Å². The predicted molar refractivity (Wildman–Crippen MR) is 103 cm³/mol. The molecule has 6 heteroatoms. The topological polar surface area (TPSA) is 61.7 Å². The van der Waals surface area contributed by atoms with Crippen LogP contribution in [-0.2, 0) is 4.79 Å². The van der Waals surface area contributed by atoms with Crippen LogP contribution in [0.4, 0.5) is 0 Å². The summed E-state index contributed by atoms with van der Waals surface area (Å²) in [6.45, 7) is 2.22. The number of hydrazone groups is 1. The Morgan fingerprint density at radius 3 is 2.91 bits per heavy atom. The molecule has 0 spiro atoms. The van der Waals surface area contributed by atoms with E-state index in [1.807, 2.05) is 12.1 Å². The van der Waals surface area contributed by atoms with Gasteiger partial charge in [0.05, 0.1) is 9.78 Å². The summed E-state index contributed by atoms with van der Waals surface area (Å²) in [4.78, 5) is 12.3. The number of amides is 1. The van der Waals surface area contributed by atoms with Gasteiger partial charge < -0.3 is 5.11 Å². The van der Waals surface area contributed by atoms with Gasteiger partial charge in [-0.25, -0.2) is 5.43 Å². The standard InChI is InChI=1S/C16H18I2N2O2/c1-16-5-3-2-4-11(16)13(16)15(22)20-19-8-9-6-10(17)7-12(18)14(9)21/h6-8,11,13,21H,2-5H2,1H3,(H,20,22)/b19-8-/t11-,13-,16+/m1/s1. The van der Waals surface area contributed by atoms with Crippen molar-refractivity contribution in [1.82, 2.24) is 5.43 Å². The molecule has 2 saturated carbocycles. The van der Waals surface area contributed by atoms with Crippen LogP contribution in [0.3, 0.4) is 0 Å². The molecule has 3 rings (SSSR count). The molecule has 118 valence electrons. The van der Waals surface area contributed by atoms with Gasteiger partial charge in [0.1, 0.15) is 5.75 Å². The van der Waals surface area contributed by atoms with E-state index in [0.717, 1.165) is 20.0 Å². The first kappa shape index (κ1) is 16.5. The first-order valence-electron chi connectivity index (χ1n) is 7.44. The Morgan fingerprint density at radius 1 is 1.45 bits per heavy atom. The van der Waals surface area contributed by atoms with Crippen LogP contribution in [0.5, 0.6) is 5.75 Å². The van der Waals surface area contributed by atoms with Crippen LogP contribution >= 0.6 is 45.2 Å². The first-order valence-corrected chi connectivity index (χ1v) is 9.60. The minimum absolute atomic E-state index is 0.0189. The van der Waals surface area contributed by atoms with E-state index in [9.17, 15) is 9.90 Å². The van der Waals surface area contributed by atoms with Gasteiger partial charge in [-0.05, 0) is 81.5 Å². The van der Waals surface area contributed by atoms with Crippen molar-refractivity contribution in [2.24, 2.45) is 22.4 Å². The monoisotopic (exact) mass is 524 g/mol. The van der Waals surface area contributed by atoms with Crippen LogP contribution in [0.15, 0.2) is 17.2 Å². The number of carbonyl (C=O) groups is 1.